The average Bonchev–Trinajstić information content (AvgIpc) is 2.91. The van der Waals surface area contributed by atoms with Crippen LogP contribution in [0.4, 0.5) is 0 Å². The second kappa shape index (κ2) is 7.83. The molecule has 1 heterocycles. The summed E-state index contributed by atoms with van der Waals surface area (Å²) in [5, 5.41) is 9.14. The predicted octanol–water partition coefficient (Wildman–Crippen LogP) is 4.49. The Bertz CT molecular complexity index is 581. The molecule has 0 amide bonds. The maximum absolute atomic E-state index is 6.11. The molecule has 2 rings (SSSR count). The molecule has 1 aromatic carbocycles. The van der Waals surface area contributed by atoms with E-state index in [9.17, 15) is 0 Å². The van der Waals surface area contributed by atoms with Gasteiger partial charge in [-0.3, -0.25) is 4.68 Å². The molecule has 1 atom stereocenters. The summed E-state index contributed by atoms with van der Waals surface area (Å²) >= 11 is 12.1. The van der Waals surface area contributed by atoms with Crippen molar-refractivity contribution in [3.63, 3.8) is 0 Å². The van der Waals surface area contributed by atoms with Crippen LogP contribution in [0.25, 0.3) is 0 Å². The molecular weight excluding hydrogens is 305 g/mol. The fourth-order valence-electron chi connectivity index (χ4n) is 2.47. The van der Waals surface area contributed by atoms with E-state index in [4.69, 9.17) is 23.2 Å². The molecule has 0 saturated carbocycles. The number of likely N-dealkylation sites (N-methyl/N-ethyl adjacent to an activating group) is 1. The van der Waals surface area contributed by atoms with Crippen LogP contribution in [0, 0.1) is 0 Å². The van der Waals surface area contributed by atoms with Crippen LogP contribution in [0.3, 0.4) is 0 Å². The van der Waals surface area contributed by atoms with Crippen molar-refractivity contribution in [3.05, 3.63) is 51.8 Å². The van der Waals surface area contributed by atoms with E-state index in [-0.39, 0.29) is 6.04 Å². The van der Waals surface area contributed by atoms with Crippen molar-refractivity contribution >= 4 is 23.2 Å². The van der Waals surface area contributed by atoms with E-state index in [1.807, 2.05) is 24.4 Å². The monoisotopic (exact) mass is 325 g/mol. The van der Waals surface area contributed by atoms with Gasteiger partial charge in [-0.1, -0.05) is 43.1 Å². The highest BCUT2D eigenvalue weighted by Crippen LogP contribution is 2.25. The lowest BCUT2D eigenvalue weighted by Crippen LogP contribution is -2.25. The quantitative estimate of drug-likeness (QED) is 0.812. The highest BCUT2D eigenvalue weighted by Gasteiger charge is 2.16. The van der Waals surface area contributed by atoms with E-state index in [1.54, 1.807) is 0 Å². The summed E-state index contributed by atoms with van der Waals surface area (Å²) in [5.74, 6) is 0. The number of rotatable bonds is 7. The molecule has 0 aliphatic heterocycles. The summed E-state index contributed by atoms with van der Waals surface area (Å²) in [6, 6.07) is 8.13. The van der Waals surface area contributed by atoms with E-state index >= 15 is 0 Å². The van der Waals surface area contributed by atoms with Gasteiger partial charge in [0.05, 0.1) is 21.8 Å². The minimum Gasteiger partial charge on any atom is -0.309 e. The summed E-state index contributed by atoms with van der Waals surface area (Å²) in [7, 11) is 0. The lowest BCUT2D eigenvalue weighted by atomic mass is 10.0. The van der Waals surface area contributed by atoms with Crippen molar-refractivity contribution in [2.24, 2.45) is 0 Å². The molecule has 2 aromatic rings. The zero-order valence-electron chi connectivity index (χ0n) is 12.4. The van der Waals surface area contributed by atoms with Gasteiger partial charge in [-0.25, -0.2) is 0 Å². The maximum Gasteiger partial charge on any atom is 0.0595 e. The lowest BCUT2D eigenvalue weighted by Gasteiger charge is -2.20. The number of aromatic nitrogens is 2. The smallest absolute Gasteiger partial charge is 0.0595 e. The fraction of sp³-hybridized carbons (Fsp3) is 0.438. The first-order valence-electron chi connectivity index (χ1n) is 7.34. The van der Waals surface area contributed by atoms with Crippen molar-refractivity contribution in [1.82, 2.24) is 15.1 Å². The van der Waals surface area contributed by atoms with Crippen LogP contribution in [-0.2, 0) is 13.0 Å². The van der Waals surface area contributed by atoms with Gasteiger partial charge in [-0.05, 0) is 43.1 Å². The number of hydrogen-bond acceptors (Lipinski definition) is 2. The maximum atomic E-state index is 6.11. The van der Waals surface area contributed by atoms with Gasteiger partial charge in [-0.2, -0.15) is 5.10 Å². The molecule has 0 radical (unpaired) electrons. The van der Waals surface area contributed by atoms with Crippen LogP contribution in [0.1, 0.15) is 37.6 Å². The number of nitrogens with zero attached hydrogens (tertiary/aromatic N) is 2. The Labute approximate surface area is 136 Å². The number of aryl methyl sites for hydroxylation is 1. The minimum absolute atomic E-state index is 0.223. The summed E-state index contributed by atoms with van der Waals surface area (Å²) < 4.78 is 2.07. The average molecular weight is 326 g/mol. The van der Waals surface area contributed by atoms with Crippen LogP contribution < -0.4 is 5.32 Å². The zero-order chi connectivity index (χ0) is 15.2. The number of hydrogen-bond donors (Lipinski definition) is 1. The van der Waals surface area contributed by atoms with Crippen molar-refractivity contribution in [2.45, 2.75) is 39.3 Å². The Hall–Kier alpha value is -1.03. The third-order valence-corrected chi connectivity index (χ3v) is 4.16. The van der Waals surface area contributed by atoms with Crippen molar-refractivity contribution in [2.75, 3.05) is 6.54 Å². The molecule has 5 heteroatoms. The third kappa shape index (κ3) is 4.22. The third-order valence-electron chi connectivity index (χ3n) is 3.42. The fourth-order valence-corrected chi connectivity index (χ4v) is 2.79. The second-order valence-electron chi connectivity index (χ2n) is 5.04. The van der Waals surface area contributed by atoms with E-state index in [1.165, 1.54) is 11.3 Å². The Kier molecular flexibility index (Phi) is 6.09. The van der Waals surface area contributed by atoms with Gasteiger partial charge in [0.1, 0.15) is 0 Å². The van der Waals surface area contributed by atoms with Gasteiger partial charge in [0.2, 0.25) is 0 Å². The summed E-state index contributed by atoms with van der Waals surface area (Å²) in [4.78, 5) is 0. The van der Waals surface area contributed by atoms with Crippen LogP contribution in [0.2, 0.25) is 10.0 Å². The molecule has 0 aliphatic carbocycles. The van der Waals surface area contributed by atoms with Gasteiger partial charge >= 0.3 is 0 Å². The largest absolute Gasteiger partial charge is 0.309 e. The Morgan fingerprint density at radius 3 is 2.67 bits per heavy atom. The van der Waals surface area contributed by atoms with Gasteiger partial charge in [0.15, 0.2) is 0 Å². The van der Waals surface area contributed by atoms with Gasteiger partial charge in [0.25, 0.3) is 0 Å². The Morgan fingerprint density at radius 1 is 1.19 bits per heavy atom. The van der Waals surface area contributed by atoms with E-state index in [0.717, 1.165) is 25.9 Å². The summed E-state index contributed by atoms with van der Waals surface area (Å²) in [6.45, 7) is 6.12. The first kappa shape index (κ1) is 16.3. The summed E-state index contributed by atoms with van der Waals surface area (Å²) in [5.41, 5.74) is 2.38. The first-order chi connectivity index (χ1) is 10.2. The minimum atomic E-state index is 0.223. The van der Waals surface area contributed by atoms with Crippen molar-refractivity contribution < 1.29 is 0 Å². The topological polar surface area (TPSA) is 29.9 Å². The predicted molar refractivity (Wildman–Crippen MR) is 89.1 cm³/mol. The molecule has 0 aliphatic rings. The zero-order valence-corrected chi connectivity index (χ0v) is 14.0. The lowest BCUT2D eigenvalue weighted by molar-refractivity contribution is 0.478. The number of benzene rings is 1. The van der Waals surface area contributed by atoms with Gasteiger partial charge in [0, 0.05) is 12.7 Å². The van der Waals surface area contributed by atoms with Gasteiger partial charge < -0.3 is 5.32 Å². The standard InChI is InChI=1S/C16H21Cl2N3/c1-3-9-21-16(7-8-20-21)15(19-4-2)11-12-5-6-13(17)14(18)10-12/h5-8,10,15,19H,3-4,9,11H2,1-2H3. The summed E-state index contributed by atoms with van der Waals surface area (Å²) in [6.07, 6.45) is 3.80. The highest BCUT2D eigenvalue weighted by atomic mass is 35.5. The Balaban J connectivity index is 2.22. The van der Waals surface area contributed by atoms with Crippen LogP contribution in [0.15, 0.2) is 30.5 Å². The molecule has 0 saturated heterocycles. The van der Waals surface area contributed by atoms with Crippen LogP contribution in [0.5, 0.6) is 0 Å². The molecule has 114 valence electrons. The second-order valence-corrected chi connectivity index (χ2v) is 5.86. The van der Waals surface area contributed by atoms with E-state index in [2.05, 4.69) is 35.0 Å². The van der Waals surface area contributed by atoms with Crippen molar-refractivity contribution in [1.29, 1.82) is 0 Å². The van der Waals surface area contributed by atoms with Crippen molar-refractivity contribution in [3.8, 4) is 0 Å². The molecule has 0 bridgehead atoms. The van der Waals surface area contributed by atoms with E-state index in [0.29, 0.717) is 10.0 Å². The molecular formula is C16H21Cl2N3. The molecule has 3 nitrogen and oxygen atoms in total. The molecule has 0 spiro atoms. The molecule has 0 fully saturated rings. The number of nitrogens with one attached hydrogen (secondary N) is 1. The Morgan fingerprint density at radius 2 is 2.00 bits per heavy atom. The van der Waals surface area contributed by atoms with Gasteiger partial charge in [-0.15, -0.1) is 0 Å². The molecule has 21 heavy (non-hydrogen) atoms. The van der Waals surface area contributed by atoms with Crippen LogP contribution >= 0.6 is 23.2 Å². The highest BCUT2D eigenvalue weighted by molar-refractivity contribution is 6.42. The number of halogens is 2. The normalized spacial score (nSPS) is 12.6. The SMILES string of the molecule is CCCn1nccc1C(Cc1ccc(Cl)c(Cl)c1)NCC. The molecule has 1 aromatic heterocycles. The molecule has 1 N–H and O–H groups in total. The van der Waals surface area contributed by atoms with Crippen LogP contribution in [-0.4, -0.2) is 16.3 Å². The first-order valence-corrected chi connectivity index (χ1v) is 8.10. The van der Waals surface area contributed by atoms with E-state index < -0.39 is 0 Å². The molecule has 1 unspecified atom stereocenters.